The number of para-hydroxylation sites is 2. The number of benzene rings is 2. The van der Waals surface area contributed by atoms with Crippen LogP contribution in [0.25, 0.3) is 0 Å². The molecule has 0 bridgehead atoms. The maximum absolute atomic E-state index is 11.0. The third-order valence-electron chi connectivity index (χ3n) is 5.42. The highest BCUT2D eigenvalue weighted by Gasteiger charge is 2.35. The number of phenols is 1. The Morgan fingerprint density at radius 3 is 1.50 bits per heavy atom. The summed E-state index contributed by atoms with van der Waals surface area (Å²) in [5.74, 6) is 0.439. The predicted octanol–water partition coefficient (Wildman–Crippen LogP) is 5.57. The van der Waals surface area contributed by atoms with Gasteiger partial charge in [0.15, 0.2) is 0 Å². The number of hydrogen-bond donors (Lipinski definition) is 1. The Kier molecular flexibility index (Phi) is 4.25. The summed E-state index contributed by atoms with van der Waals surface area (Å²) in [5, 5.41) is 11.0. The van der Waals surface area contributed by atoms with Gasteiger partial charge in [0.1, 0.15) is 11.9 Å². The number of fused-ring (bicyclic) bond motifs is 1. The first-order valence-electron chi connectivity index (χ1n) is 9.35. The van der Waals surface area contributed by atoms with Gasteiger partial charge in [-0.25, -0.2) is 0 Å². The van der Waals surface area contributed by atoms with Crippen LogP contribution in [0.4, 0.5) is 11.4 Å². The monoisotopic (exact) mass is 352 g/mol. The summed E-state index contributed by atoms with van der Waals surface area (Å²) < 4.78 is 0. The third kappa shape index (κ3) is 2.94. The Balaban J connectivity index is 2.20. The minimum Gasteiger partial charge on any atom is -0.507 e. The van der Waals surface area contributed by atoms with Crippen LogP contribution in [0.3, 0.4) is 0 Å². The average Bonchev–Trinajstić information content (AvgIpc) is 2.78. The van der Waals surface area contributed by atoms with Gasteiger partial charge in [-0.3, -0.25) is 0 Å². The van der Waals surface area contributed by atoms with E-state index in [4.69, 9.17) is 0 Å². The van der Waals surface area contributed by atoms with Crippen molar-refractivity contribution in [2.75, 3.05) is 23.9 Å². The van der Waals surface area contributed by atoms with E-state index in [0.29, 0.717) is 5.75 Å². The standard InChI is InChI=1S/C23H32N2O/c1-22(2,3)16-13-15(14-17(20(16)26)23(4,5)6)21-24(7)18-11-9-10-12-19(18)25(21)8/h9-14,21,26H,1-8H3. The fourth-order valence-electron chi connectivity index (χ4n) is 3.98. The Labute approximate surface area is 158 Å². The lowest BCUT2D eigenvalue weighted by Gasteiger charge is -2.33. The molecule has 140 valence electrons. The minimum atomic E-state index is -0.122. The van der Waals surface area contributed by atoms with Gasteiger partial charge < -0.3 is 14.9 Å². The highest BCUT2D eigenvalue weighted by molar-refractivity contribution is 5.77. The highest BCUT2D eigenvalue weighted by Crippen LogP contribution is 2.47. The van der Waals surface area contributed by atoms with Crippen LogP contribution in [-0.2, 0) is 10.8 Å². The molecule has 0 saturated carbocycles. The fraction of sp³-hybridized carbons (Fsp3) is 0.478. The number of hydrogen-bond acceptors (Lipinski definition) is 3. The number of nitrogens with zero attached hydrogens (tertiary/aromatic N) is 2. The van der Waals surface area contributed by atoms with Crippen molar-refractivity contribution in [3.05, 3.63) is 53.1 Å². The lowest BCUT2D eigenvalue weighted by molar-refractivity contribution is 0.422. The maximum Gasteiger partial charge on any atom is 0.128 e. The molecule has 0 saturated heterocycles. The number of anilines is 2. The molecule has 0 radical (unpaired) electrons. The third-order valence-corrected chi connectivity index (χ3v) is 5.42. The first kappa shape index (κ1) is 18.6. The van der Waals surface area contributed by atoms with Crippen LogP contribution in [-0.4, -0.2) is 19.2 Å². The second kappa shape index (κ2) is 5.94. The second-order valence-electron chi connectivity index (χ2n) is 9.55. The van der Waals surface area contributed by atoms with Crippen molar-refractivity contribution in [1.82, 2.24) is 0 Å². The molecule has 1 N–H and O–H groups in total. The summed E-state index contributed by atoms with van der Waals surface area (Å²) in [6, 6.07) is 12.9. The molecule has 0 spiro atoms. The molecular formula is C23H32N2O. The van der Waals surface area contributed by atoms with Gasteiger partial charge in [0.2, 0.25) is 0 Å². The van der Waals surface area contributed by atoms with Crippen molar-refractivity contribution in [3.8, 4) is 5.75 Å². The molecule has 0 amide bonds. The largest absolute Gasteiger partial charge is 0.507 e. The predicted molar refractivity (Wildman–Crippen MR) is 111 cm³/mol. The van der Waals surface area contributed by atoms with Crippen molar-refractivity contribution in [2.24, 2.45) is 0 Å². The van der Waals surface area contributed by atoms with Crippen LogP contribution in [0.2, 0.25) is 0 Å². The van der Waals surface area contributed by atoms with E-state index in [1.807, 2.05) is 0 Å². The van der Waals surface area contributed by atoms with E-state index in [0.717, 1.165) is 11.1 Å². The van der Waals surface area contributed by atoms with Crippen LogP contribution in [0.15, 0.2) is 36.4 Å². The van der Waals surface area contributed by atoms with Crippen LogP contribution in [0.5, 0.6) is 5.75 Å². The molecule has 3 heteroatoms. The van der Waals surface area contributed by atoms with Gasteiger partial charge in [0, 0.05) is 14.1 Å². The molecule has 26 heavy (non-hydrogen) atoms. The molecule has 0 fully saturated rings. The summed E-state index contributed by atoms with van der Waals surface area (Å²) in [5.41, 5.74) is 5.48. The summed E-state index contributed by atoms with van der Waals surface area (Å²) in [7, 11) is 4.29. The first-order chi connectivity index (χ1) is 11.9. The quantitative estimate of drug-likeness (QED) is 0.726. The van der Waals surface area contributed by atoms with Crippen LogP contribution < -0.4 is 9.80 Å². The summed E-state index contributed by atoms with van der Waals surface area (Å²) >= 11 is 0. The maximum atomic E-state index is 11.0. The van der Waals surface area contributed by atoms with Gasteiger partial charge in [0.25, 0.3) is 0 Å². The molecular weight excluding hydrogens is 320 g/mol. The molecule has 2 aromatic carbocycles. The molecule has 0 atom stereocenters. The Morgan fingerprint density at radius 2 is 1.15 bits per heavy atom. The smallest absolute Gasteiger partial charge is 0.128 e. The molecule has 1 aliphatic heterocycles. The van der Waals surface area contributed by atoms with Crippen molar-refractivity contribution in [1.29, 1.82) is 0 Å². The second-order valence-corrected chi connectivity index (χ2v) is 9.55. The van der Waals surface area contributed by atoms with E-state index in [9.17, 15) is 5.11 Å². The molecule has 0 aromatic heterocycles. The molecule has 1 aliphatic rings. The zero-order chi connectivity index (χ0) is 19.4. The van der Waals surface area contributed by atoms with E-state index in [2.05, 4.69) is 102 Å². The van der Waals surface area contributed by atoms with Crippen LogP contribution >= 0.6 is 0 Å². The molecule has 2 aromatic rings. The zero-order valence-corrected chi connectivity index (χ0v) is 17.4. The molecule has 0 aliphatic carbocycles. The molecule has 1 heterocycles. The lowest BCUT2D eigenvalue weighted by Crippen LogP contribution is -2.31. The highest BCUT2D eigenvalue weighted by atomic mass is 16.3. The number of rotatable bonds is 1. The van der Waals surface area contributed by atoms with E-state index >= 15 is 0 Å². The van der Waals surface area contributed by atoms with Crippen molar-refractivity contribution >= 4 is 11.4 Å². The van der Waals surface area contributed by atoms with Crippen molar-refractivity contribution in [2.45, 2.75) is 58.5 Å². The summed E-state index contributed by atoms with van der Waals surface area (Å²) in [4.78, 5) is 4.64. The topological polar surface area (TPSA) is 26.7 Å². The SMILES string of the molecule is CN1c2ccccc2N(C)C1c1cc(C(C)(C)C)c(O)c(C(C)(C)C)c1. The van der Waals surface area contributed by atoms with Gasteiger partial charge in [-0.1, -0.05) is 53.7 Å². The van der Waals surface area contributed by atoms with Gasteiger partial charge in [-0.15, -0.1) is 0 Å². The number of phenolic OH excluding ortho intramolecular Hbond substituents is 1. The van der Waals surface area contributed by atoms with E-state index < -0.39 is 0 Å². The Hall–Kier alpha value is -2.16. The zero-order valence-electron chi connectivity index (χ0n) is 17.4. The normalized spacial score (nSPS) is 15.5. The molecule has 3 nitrogen and oxygen atoms in total. The van der Waals surface area contributed by atoms with Gasteiger partial charge in [-0.2, -0.15) is 0 Å². The van der Waals surface area contributed by atoms with E-state index in [-0.39, 0.29) is 17.0 Å². The Bertz CT molecular complexity index is 763. The van der Waals surface area contributed by atoms with E-state index in [1.165, 1.54) is 16.9 Å². The Morgan fingerprint density at radius 1 is 0.769 bits per heavy atom. The minimum absolute atomic E-state index is 0.121. The van der Waals surface area contributed by atoms with Crippen molar-refractivity contribution < 1.29 is 5.11 Å². The number of aromatic hydroxyl groups is 1. The summed E-state index contributed by atoms with van der Waals surface area (Å²) in [6.45, 7) is 13.0. The summed E-state index contributed by atoms with van der Waals surface area (Å²) in [6.07, 6.45) is 0.121. The van der Waals surface area contributed by atoms with Crippen LogP contribution in [0, 0.1) is 0 Å². The first-order valence-corrected chi connectivity index (χ1v) is 9.35. The average molecular weight is 353 g/mol. The molecule has 0 unspecified atom stereocenters. The van der Waals surface area contributed by atoms with Gasteiger partial charge in [0.05, 0.1) is 11.4 Å². The van der Waals surface area contributed by atoms with Crippen molar-refractivity contribution in [3.63, 3.8) is 0 Å². The lowest BCUT2D eigenvalue weighted by atomic mass is 9.78. The van der Waals surface area contributed by atoms with Gasteiger partial charge >= 0.3 is 0 Å². The fourth-order valence-corrected chi connectivity index (χ4v) is 3.98. The van der Waals surface area contributed by atoms with E-state index in [1.54, 1.807) is 0 Å². The molecule has 3 rings (SSSR count). The van der Waals surface area contributed by atoms with Gasteiger partial charge in [-0.05, 0) is 51.8 Å². The van der Waals surface area contributed by atoms with Crippen LogP contribution in [0.1, 0.15) is 64.4 Å².